The maximum absolute atomic E-state index is 14.5. The number of carboxylic acids is 1. The van der Waals surface area contributed by atoms with Gasteiger partial charge in [0.25, 0.3) is 0 Å². The number of carbonyl (C=O) groups is 2. The molecule has 7 heteroatoms. The summed E-state index contributed by atoms with van der Waals surface area (Å²) in [6.07, 6.45) is 2.57. The fourth-order valence-electron chi connectivity index (χ4n) is 6.43. The number of rotatable bonds is 11. The first-order chi connectivity index (χ1) is 19.9. The van der Waals surface area contributed by atoms with Crippen molar-refractivity contribution < 1.29 is 23.8 Å². The quantitative estimate of drug-likeness (QED) is 0.233. The van der Waals surface area contributed by atoms with Crippen molar-refractivity contribution in [1.29, 1.82) is 0 Å². The lowest BCUT2D eigenvalue weighted by Crippen LogP contribution is -2.45. The summed E-state index contributed by atoms with van der Waals surface area (Å²) < 4.78 is 21.8. The topological polar surface area (TPSA) is 71.8 Å². The second-order valence-corrected chi connectivity index (χ2v) is 10.8. The maximum Gasteiger partial charge on any atom is 0.326 e. The second-order valence-electron chi connectivity index (χ2n) is 10.8. The highest BCUT2D eigenvalue weighted by Crippen LogP contribution is 2.38. The van der Waals surface area contributed by atoms with Crippen molar-refractivity contribution in [3.8, 4) is 0 Å². The molecular formula is C34H37FN2O4. The van der Waals surface area contributed by atoms with E-state index in [1.165, 1.54) is 12.1 Å². The molecule has 2 unspecified atom stereocenters. The zero-order chi connectivity index (χ0) is 28.9. The van der Waals surface area contributed by atoms with E-state index >= 15 is 0 Å². The van der Waals surface area contributed by atoms with Gasteiger partial charge in [-0.15, -0.1) is 0 Å². The molecule has 0 aliphatic heterocycles. The summed E-state index contributed by atoms with van der Waals surface area (Å²) >= 11 is 0. The zero-order valence-electron chi connectivity index (χ0n) is 23.6. The Morgan fingerprint density at radius 1 is 1.05 bits per heavy atom. The van der Waals surface area contributed by atoms with Crippen LogP contribution in [0, 0.1) is 5.82 Å². The Hall–Kier alpha value is -3.97. The van der Waals surface area contributed by atoms with Crippen LogP contribution in [0.4, 0.5) is 4.39 Å². The Balaban J connectivity index is 1.49. The smallest absolute Gasteiger partial charge is 0.326 e. The van der Waals surface area contributed by atoms with Gasteiger partial charge in [0.05, 0.1) is 6.61 Å². The Kier molecular flexibility index (Phi) is 8.84. The summed E-state index contributed by atoms with van der Waals surface area (Å²) in [7, 11) is 1.63. The average Bonchev–Trinajstić information content (AvgIpc) is 3.30. The van der Waals surface area contributed by atoms with E-state index < -0.39 is 12.0 Å². The standard InChI is InChI=1S/C34H37FN2O4/c1-3-30(34(39)40)37-31-16-14-25(35)20-28(31)29-21-26(15-17-32(29)37)36(18-19-41-2)33(38)22-27(23-10-6-4-7-11-23)24-12-8-5-9-13-24/h4-14,16,20,26-27,30H,3,15,17-19,21-22H2,1-2H3,(H,39,40). The molecule has 1 aromatic heterocycles. The van der Waals surface area contributed by atoms with Crippen LogP contribution < -0.4 is 0 Å². The number of carboxylic acid groups (broad SMARTS) is 1. The number of methoxy groups -OCH3 is 1. The van der Waals surface area contributed by atoms with Crippen LogP contribution in [-0.2, 0) is 27.2 Å². The largest absolute Gasteiger partial charge is 0.480 e. The van der Waals surface area contributed by atoms with Crippen LogP contribution in [0.1, 0.15) is 60.5 Å². The van der Waals surface area contributed by atoms with E-state index in [-0.39, 0.29) is 23.7 Å². The average molecular weight is 557 g/mol. The number of aromatic nitrogens is 1. The third-order valence-electron chi connectivity index (χ3n) is 8.40. The van der Waals surface area contributed by atoms with Gasteiger partial charge in [-0.25, -0.2) is 9.18 Å². The van der Waals surface area contributed by atoms with Gasteiger partial charge in [-0.05, 0) is 60.6 Å². The van der Waals surface area contributed by atoms with Crippen molar-refractivity contribution >= 4 is 22.8 Å². The number of nitrogens with zero attached hydrogens (tertiary/aromatic N) is 2. The highest BCUT2D eigenvalue weighted by molar-refractivity contribution is 5.88. The molecule has 3 aromatic carbocycles. The van der Waals surface area contributed by atoms with Crippen LogP contribution in [0.5, 0.6) is 0 Å². The van der Waals surface area contributed by atoms with Crippen molar-refractivity contribution in [3.63, 3.8) is 0 Å². The van der Waals surface area contributed by atoms with Crippen molar-refractivity contribution in [2.24, 2.45) is 0 Å². The molecule has 4 aromatic rings. The first-order valence-corrected chi connectivity index (χ1v) is 14.3. The van der Waals surface area contributed by atoms with E-state index in [1.807, 2.05) is 52.8 Å². The first-order valence-electron chi connectivity index (χ1n) is 14.3. The summed E-state index contributed by atoms with van der Waals surface area (Å²) in [4.78, 5) is 28.2. The van der Waals surface area contributed by atoms with Crippen LogP contribution >= 0.6 is 0 Å². The first kappa shape index (κ1) is 28.6. The minimum absolute atomic E-state index is 0.0418. The van der Waals surface area contributed by atoms with E-state index in [4.69, 9.17) is 4.74 Å². The molecule has 1 aliphatic carbocycles. The van der Waals surface area contributed by atoms with E-state index in [1.54, 1.807) is 13.2 Å². The van der Waals surface area contributed by atoms with Gasteiger partial charge in [0.1, 0.15) is 11.9 Å². The second kappa shape index (κ2) is 12.7. The molecule has 0 saturated carbocycles. The minimum atomic E-state index is -0.900. The van der Waals surface area contributed by atoms with Crippen LogP contribution in [0.15, 0.2) is 78.9 Å². The number of halogens is 1. The molecule has 0 fully saturated rings. The number of ether oxygens (including phenoxy) is 1. The highest BCUT2D eigenvalue weighted by atomic mass is 19.1. The van der Waals surface area contributed by atoms with E-state index in [9.17, 15) is 19.1 Å². The van der Waals surface area contributed by atoms with Crippen molar-refractivity contribution in [2.45, 2.75) is 57.0 Å². The summed E-state index contributed by atoms with van der Waals surface area (Å²) in [6.45, 7) is 2.71. The molecule has 1 N–H and O–H groups in total. The molecule has 1 heterocycles. The SMILES string of the molecule is CCC(C(=O)O)n1c2c(c3cc(F)ccc31)CC(N(CCOC)C(=O)CC(c1ccccc1)c1ccccc1)CC2. The molecule has 2 atom stereocenters. The summed E-state index contributed by atoms with van der Waals surface area (Å²) in [5.41, 5.74) is 4.77. The third kappa shape index (κ3) is 5.91. The van der Waals surface area contributed by atoms with Crippen LogP contribution in [0.25, 0.3) is 10.9 Å². The molecular weight excluding hydrogens is 519 g/mol. The minimum Gasteiger partial charge on any atom is -0.480 e. The lowest BCUT2D eigenvalue weighted by atomic mass is 9.86. The molecule has 0 radical (unpaired) electrons. The highest BCUT2D eigenvalue weighted by Gasteiger charge is 2.34. The monoisotopic (exact) mass is 556 g/mol. The van der Waals surface area contributed by atoms with Crippen LogP contribution in [-0.4, -0.2) is 52.8 Å². The molecule has 41 heavy (non-hydrogen) atoms. The molecule has 0 spiro atoms. The number of aliphatic carboxylic acids is 1. The predicted molar refractivity (Wildman–Crippen MR) is 158 cm³/mol. The van der Waals surface area contributed by atoms with Crippen molar-refractivity contribution in [3.05, 3.63) is 107 Å². The molecule has 214 valence electrons. The van der Waals surface area contributed by atoms with Gasteiger partial charge in [-0.1, -0.05) is 67.6 Å². The summed E-state index contributed by atoms with van der Waals surface area (Å²) in [6, 6.07) is 23.9. The molecule has 1 amide bonds. The normalized spacial score (nSPS) is 15.6. The molecule has 5 rings (SSSR count). The lowest BCUT2D eigenvalue weighted by molar-refractivity contribution is -0.141. The number of hydrogen-bond acceptors (Lipinski definition) is 3. The maximum atomic E-state index is 14.5. The number of amides is 1. The van der Waals surface area contributed by atoms with E-state index in [0.717, 1.165) is 33.3 Å². The number of hydrogen-bond donors (Lipinski definition) is 1. The number of benzene rings is 3. The Morgan fingerprint density at radius 3 is 2.29 bits per heavy atom. The summed E-state index contributed by atoms with van der Waals surface area (Å²) in [5, 5.41) is 10.7. The van der Waals surface area contributed by atoms with Gasteiger partial charge in [0.2, 0.25) is 5.91 Å². The van der Waals surface area contributed by atoms with Crippen molar-refractivity contribution in [2.75, 3.05) is 20.3 Å². The molecule has 6 nitrogen and oxygen atoms in total. The zero-order valence-corrected chi connectivity index (χ0v) is 23.6. The summed E-state index contributed by atoms with van der Waals surface area (Å²) in [5.74, 6) is -1.31. The number of fused-ring (bicyclic) bond motifs is 3. The van der Waals surface area contributed by atoms with Gasteiger partial charge in [-0.3, -0.25) is 4.79 Å². The van der Waals surface area contributed by atoms with Gasteiger partial charge in [0, 0.05) is 48.6 Å². The van der Waals surface area contributed by atoms with E-state index in [2.05, 4.69) is 24.3 Å². The predicted octanol–water partition coefficient (Wildman–Crippen LogP) is 6.37. The van der Waals surface area contributed by atoms with Gasteiger partial charge >= 0.3 is 5.97 Å². The molecule has 1 aliphatic rings. The Bertz CT molecular complexity index is 1460. The van der Waals surface area contributed by atoms with E-state index in [0.29, 0.717) is 45.3 Å². The fourth-order valence-corrected chi connectivity index (χ4v) is 6.43. The van der Waals surface area contributed by atoms with Crippen molar-refractivity contribution in [1.82, 2.24) is 9.47 Å². The molecule has 0 saturated heterocycles. The van der Waals surface area contributed by atoms with Gasteiger partial charge in [0.15, 0.2) is 0 Å². The Morgan fingerprint density at radius 2 is 1.71 bits per heavy atom. The van der Waals surface area contributed by atoms with Gasteiger partial charge < -0.3 is 19.3 Å². The third-order valence-corrected chi connectivity index (χ3v) is 8.40. The lowest BCUT2D eigenvalue weighted by Gasteiger charge is -2.36. The molecule has 0 bridgehead atoms. The fraction of sp³-hybridized carbons (Fsp3) is 0.353. The van der Waals surface area contributed by atoms with Crippen LogP contribution in [0.3, 0.4) is 0 Å². The van der Waals surface area contributed by atoms with Crippen LogP contribution in [0.2, 0.25) is 0 Å². The van der Waals surface area contributed by atoms with Gasteiger partial charge in [-0.2, -0.15) is 0 Å². The number of carbonyl (C=O) groups excluding carboxylic acids is 1. The Labute approximate surface area is 240 Å².